The van der Waals surface area contributed by atoms with Gasteiger partial charge in [-0.1, -0.05) is 12.1 Å². The number of aromatic nitrogens is 3. The van der Waals surface area contributed by atoms with Gasteiger partial charge in [0.1, 0.15) is 5.82 Å². The van der Waals surface area contributed by atoms with Crippen LogP contribution in [0.2, 0.25) is 0 Å². The highest BCUT2D eigenvalue weighted by atomic mass is 16.2. The van der Waals surface area contributed by atoms with E-state index in [4.69, 9.17) is 4.98 Å². The summed E-state index contributed by atoms with van der Waals surface area (Å²) in [6.07, 6.45) is 5.74. The average molecular weight is 346 g/mol. The third kappa shape index (κ3) is 2.25. The van der Waals surface area contributed by atoms with Crippen LogP contribution in [0.25, 0.3) is 10.9 Å². The lowest BCUT2D eigenvalue weighted by Gasteiger charge is -2.27. The number of nitrogens with zero attached hydrogens (tertiary/aromatic N) is 4. The van der Waals surface area contributed by atoms with Crippen molar-refractivity contribution >= 4 is 16.8 Å². The summed E-state index contributed by atoms with van der Waals surface area (Å²) in [7, 11) is 0. The van der Waals surface area contributed by atoms with Crippen LogP contribution in [-0.2, 0) is 13.0 Å². The normalized spacial score (nSPS) is 21.5. The minimum absolute atomic E-state index is 0.00369. The van der Waals surface area contributed by atoms with Crippen LogP contribution in [0.1, 0.15) is 29.0 Å². The summed E-state index contributed by atoms with van der Waals surface area (Å²) in [6.45, 7) is 0.508. The van der Waals surface area contributed by atoms with E-state index in [2.05, 4.69) is 4.98 Å². The van der Waals surface area contributed by atoms with Crippen LogP contribution >= 0.6 is 0 Å². The molecule has 1 saturated heterocycles. The fraction of sp³-hybridized carbons (Fsp3) is 0.300. The van der Waals surface area contributed by atoms with E-state index in [1.165, 1.54) is 0 Å². The van der Waals surface area contributed by atoms with Crippen molar-refractivity contribution in [2.45, 2.75) is 37.9 Å². The van der Waals surface area contributed by atoms with Crippen molar-refractivity contribution in [3.05, 3.63) is 70.5 Å². The number of carbonyl (C=O) groups is 1. The molecule has 6 heteroatoms. The Morgan fingerprint density at radius 2 is 1.92 bits per heavy atom. The van der Waals surface area contributed by atoms with Crippen LogP contribution in [0.5, 0.6) is 0 Å². The largest absolute Gasteiger partial charge is 0.330 e. The smallest absolute Gasteiger partial charge is 0.261 e. The Morgan fingerprint density at radius 3 is 2.77 bits per heavy atom. The lowest BCUT2D eigenvalue weighted by atomic mass is 10.1. The van der Waals surface area contributed by atoms with Crippen molar-refractivity contribution in [3.8, 4) is 0 Å². The maximum Gasteiger partial charge on any atom is 0.261 e. The van der Waals surface area contributed by atoms with Crippen molar-refractivity contribution in [1.82, 2.24) is 19.4 Å². The summed E-state index contributed by atoms with van der Waals surface area (Å²) < 4.78 is 1.77. The number of hydrogen-bond donors (Lipinski definition) is 0. The molecule has 2 aliphatic rings. The number of amides is 1. The molecule has 3 aromatic rings. The first kappa shape index (κ1) is 15.3. The molecule has 2 aromatic heterocycles. The van der Waals surface area contributed by atoms with E-state index in [0.29, 0.717) is 23.9 Å². The minimum atomic E-state index is -0.00748. The molecule has 0 saturated carbocycles. The minimum Gasteiger partial charge on any atom is -0.330 e. The Bertz CT molecular complexity index is 1060. The standard InChI is InChI=1S/C20H18N4O2/c25-19(13-4-3-9-21-11-13)24-14-7-8-15(24)12-23-18(10-14)22-17-6-2-1-5-16(17)20(23)26/h1-6,9,11,14-15H,7-8,10,12H2/t14-,15-/m0/s1. The van der Waals surface area contributed by atoms with Crippen molar-refractivity contribution in [1.29, 1.82) is 0 Å². The molecule has 2 bridgehead atoms. The summed E-state index contributed by atoms with van der Waals surface area (Å²) in [6, 6.07) is 11.1. The first-order valence-electron chi connectivity index (χ1n) is 8.93. The fourth-order valence-electron chi connectivity index (χ4n) is 4.29. The van der Waals surface area contributed by atoms with Gasteiger partial charge in [-0.3, -0.25) is 19.1 Å². The second-order valence-corrected chi connectivity index (χ2v) is 7.00. The van der Waals surface area contributed by atoms with Crippen LogP contribution < -0.4 is 5.56 Å². The monoisotopic (exact) mass is 346 g/mol. The quantitative estimate of drug-likeness (QED) is 0.676. The fourth-order valence-corrected chi connectivity index (χ4v) is 4.29. The molecule has 0 N–H and O–H groups in total. The molecule has 1 amide bonds. The molecule has 4 heterocycles. The first-order chi connectivity index (χ1) is 12.7. The van der Waals surface area contributed by atoms with Crippen molar-refractivity contribution in [3.63, 3.8) is 0 Å². The van der Waals surface area contributed by atoms with Gasteiger partial charge in [0.05, 0.1) is 22.5 Å². The van der Waals surface area contributed by atoms with Crippen molar-refractivity contribution < 1.29 is 4.79 Å². The molecular formula is C20H18N4O2. The van der Waals surface area contributed by atoms with Crippen LogP contribution in [0.15, 0.2) is 53.6 Å². The van der Waals surface area contributed by atoms with E-state index in [0.717, 1.165) is 24.2 Å². The molecular weight excluding hydrogens is 328 g/mol. The number of para-hydroxylation sites is 1. The van der Waals surface area contributed by atoms with Crippen molar-refractivity contribution in [2.75, 3.05) is 0 Å². The van der Waals surface area contributed by atoms with Gasteiger partial charge in [0.2, 0.25) is 0 Å². The maximum atomic E-state index is 13.1. The number of hydrogen-bond acceptors (Lipinski definition) is 4. The van der Waals surface area contributed by atoms with Gasteiger partial charge in [-0.2, -0.15) is 0 Å². The highest BCUT2D eigenvalue weighted by Gasteiger charge is 2.41. The summed E-state index contributed by atoms with van der Waals surface area (Å²) in [5.74, 6) is 0.779. The molecule has 0 aliphatic carbocycles. The van der Waals surface area contributed by atoms with Crippen molar-refractivity contribution in [2.24, 2.45) is 0 Å². The van der Waals surface area contributed by atoms with Gasteiger partial charge >= 0.3 is 0 Å². The number of fused-ring (bicyclic) bond motifs is 4. The van der Waals surface area contributed by atoms with Gasteiger partial charge in [-0.25, -0.2) is 4.98 Å². The molecule has 2 aliphatic heterocycles. The number of pyridine rings is 1. The zero-order valence-corrected chi connectivity index (χ0v) is 14.2. The van der Waals surface area contributed by atoms with Crippen LogP contribution in [0.3, 0.4) is 0 Å². The van der Waals surface area contributed by atoms with E-state index in [-0.39, 0.29) is 23.6 Å². The molecule has 1 fully saturated rings. The predicted octanol–water partition coefficient (Wildman–Crippen LogP) is 2.02. The molecule has 5 rings (SSSR count). The number of benzene rings is 1. The summed E-state index contributed by atoms with van der Waals surface area (Å²) >= 11 is 0. The highest BCUT2D eigenvalue weighted by molar-refractivity contribution is 5.94. The molecule has 0 unspecified atom stereocenters. The van der Waals surface area contributed by atoms with E-state index >= 15 is 0 Å². The summed E-state index contributed by atoms with van der Waals surface area (Å²) in [5.41, 5.74) is 1.32. The molecule has 6 nitrogen and oxygen atoms in total. The zero-order chi connectivity index (χ0) is 17.7. The number of carbonyl (C=O) groups excluding carboxylic acids is 1. The SMILES string of the molecule is O=C(c1cccnc1)N1[C@H]2CC[C@H]1Cn1c(nc3ccccc3c1=O)C2. The summed E-state index contributed by atoms with van der Waals surface area (Å²) in [5, 5.41) is 0.638. The number of rotatable bonds is 1. The highest BCUT2D eigenvalue weighted by Crippen LogP contribution is 2.32. The molecule has 0 spiro atoms. The van der Waals surface area contributed by atoms with Gasteiger partial charge in [0.25, 0.3) is 11.5 Å². The van der Waals surface area contributed by atoms with Gasteiger partial charge in [0, 0.05) is 31.4 Å². The van der Waals surface area contributed by atoms with Crippen LogP contribution in [0, 0.1) is 0 Å². The Labute approximate surface area is 150 Å². The van der Waals surface area contributed by atoms with Crippen LogP contribution in [-0.4, -0.2) is 37.4 Å². The molecule has 26 heavy (non-hydrogen) atoms. The molecule has 1 aromatic carbocycles. The first-order valence-corrected chi connectivity index (χ1v) is 8.93. The van der Waals surface area contributed by atoms with E-state index in [9.17, 15) is 9.59 Å². The van der Waals surface area contributed by atoms with E-state index < -0.39 is 0 Å². The molecule has 2 atom stereocenters. The van der Waals surface area contributed by atoms with E-state index in [1.807, 2.05) is 29.2 Å². The predicted molar refractivity (Wildman–Crippen MR) is 96.9 cm³/mol. The third-order valence-corrected chi connectivity index (χ3v) is 5.52. The Balaban J connectivity index is 1.59. The zero-order valence-electron chi connectivity index (χ0n) is 14.2. The van der Waals surface area contributed by atoms with Gasteiger partial charge < -0.3 is 4.90 Å². The molecule has 0 radical (unpaired) electrons. The van der Waals surface area contributed by atoms with Gasteiger partial charge in [0.15, 0.2) is 0 Å². The topological polar surface area (TPSA) is 68.1 Å². The summed E-state index contributed by atoms with van der Waals surface area (Å²) in [4.78, 5) is 36.8. The van der Waals surface area contributed by atoms with Gasteiger partial charge in [-0.15, -0.1) is 0 Å². The Kier molecular flexibility index (Phi) is 3.38. The Hall–Kier alpha value is -3.02. The Morgan fingerprint density at radius 1 is 1.08 bits per heavy atom. The van der Waals surface area contributed by atoms with Gasteiger partial charge in [-0.05, 0) is 37.1 Å². The van der Waals surface area contributed by atoms with Crippen LogP contribution in [0.4, 0.5) is 0 Å². The lowest BCUT2D eigenvalue weighted by Crippen LogP contribution is -2.42. The third-order valence-electron chi connectivity index (χ3n) is 5.52. The lowest BCUT2D eigenvalue weighted by molar-refractivity contribution is 0.0665. The molecule has 130 valence electrons. The maximum absolute atomic E-state index is 13.1. The average Bonchev–Trinajstić information content (AvgIpc) is 2.98. The second kappa shape index (κ2) is 5.76. The second-order valence-electron chi connectivity index (χ2n) is 7.00. The van der Waals surface area contributed by atoms with E-state index in [1.54, 1.807) is 29.1 Å².